The monoisotopic (exact) mass is 212 g/mol. The van der Waals surface area contributed by atoms with Gasteiger partial charge >= 0.3 is 0 Å². The molecule has 80 valence electrons. The van der Waals surface area contributed by atoms with E-state index >= 15 is 0 Å². The van der Waals surface area contributed by atoms with Gasteiger partial charge in [0.05, 0.1) is 5.69 Å². The summed E-state index contributed by atoms with van der Waals surface area (Å²) in [5.41, 5.74) is 3.29. The number of benzene rings is 1. The van der Waals surface area contributed by atoms with Gasteiger partial charge in [-0.2, -0.15) is 0 Å². The van der Waals surface area contributed by atoms with E-state index in [0.29, 0.717) is 5.95 Å². The molecule has 0 fully saturated rings. The highest BCUT2D eigenvalue weighted by atomic mass is 15.1. The van der Waals surface area contributed by atoms with Crippen molar-refractivity contribution in [3.8, 4) is 0 Å². The van der Waals surface area contributed by atoms with Crippen LogP contribution in [0.4, 0.5) is 11.6 Å². The van der Waals surface area contributed by atoms with Gasteiger partial charge in [0, 0.05) is 30.5 Å². The van der Waals surface area contributed by atoms with E-state index in [1.807, 2.05) is 36.5 Å². The zero-order valence-corrected chi connectivity index (χ0v) is 8.77. The van der Waals surface area contributed by atoms with Gasteiger partial charge in [0.1, 0.15) is 0 Å². The van der Waals surface area contributed by atoms with Gasteiger partial charge in [-0.3, -0.25) is 0 Å². The molecule has 16 heavy (non-hydrogen) atoms. The molecule has 4 nitrogen and oxygen atoms in total. The molecule has 0 spiro atoms. The second-order valence-electron chi connectivity index (χ2n) is 3.76. The summed E-state index contributed by atoms with van der Waals surface area (Å²) in [5, 5.41) is 6.43. The minimum atomic E-state index is 0.661. The average molecular weight is 212 g/mol. The van der Waals surface area contributed by atoms with Crippen LogP contribution in [0.2, 0.25) is 0 Å². The number of nitrogens with zero attached hydrogens (tertiary/aromatic N) is 2. The van der Waals surface area contributed by atoms with E-state index in [4.69, 9.17) is 0 Å². The zero-order chi connectivity index (χ0) is 10.8. The molecule has 0 atom stereocenters. The van der Waals surface area contributed by atoms with Gasteiger partial charge in [-0.15, -0.1) is 0 Å². The molecule has 0 radical (unpaired) electrons. The average Bonchev–Trinajstić information content (AvgIpc) is 2.77. The van der Waals surface area contributed by atoms with Gasteiger partial charge in [-0.05, 0) is 12.1 Å². The predicted molar refractivity (Wildman–Crippen MR) is 62.3 cm³/mol. The number of nitrogens with one attached hydrogen (secondary N) is 2. The summed E-state index contributed by atoms with van der Waals surface area (Å²) in [4.78, 5) is 8.75. The molecule has 2 N–H and O–H groups in total. The molecule has 0 aliphatic carbocycles. The third-order valence-electron chi connectivity index (χ3n) is 2.59. The van der Waals surface area contributed by atoms with E-state index in [-0.39, 0.29) is 0 Å². The van der Waals surface area contributed by atoms with Gasteiger partial charge < -0.3 is 10.6 Å². The number of para-hydroxylation sites is 1. The number of hydrogen-bond acceptors (Lipinski definition) is 4. The van der Waals surface area contributed by atoms with Crippen LogP contribution in [0.3, 0.4) is 0 Å². The Morgan fingerprint density at radius 2 is 2.00 bits per heavy atom. The lowest BCUT2D eigenvalue weighted by molar-refractivity contribution is 0.758. The van der Waals surface area contributed by atoms with E-state index in [9.17, 15) is 0 Å². The summed E-state index contributed by atoms with van der Waals surface area (Å²) in [6.07, 6.45) is 1.88. The Hall–Kier alpha value is -1.94. The number of aromatic nitrogens is 2. The lowest BCUT2D eigenvalue weighted by atomic mass is 10.3. The van der Waals surface area contributed by atoms with E-state index in [1.54, 1.807) is 0 Å². The van der Waals surface area contributed by atoms with Crippen molar-refractivity contribution in [2.45, 2.75) is 13.1 Å². The molecule has 0 saturated heterocycles. The standard InChI is InChI=1S/C12H12N4/c1-2-4-10(5-3-1)15-12-14-7-9-6-13-8-11(9)16-12/h1-5,7,13H,6,8H2,(H,14,15,16). The van der Waals surface area contributed by atoms with Crippen LogP contribution in [-0.4, -0.2) is 9.97 Å². The van der Waals surface area contributed by atoms with Gasteiger partial charge in [-0.25, -0.2) is 9.97 Å². The fraction of sp³-hybridized carbons (Fsp3) is 0.167. The molecule has 1 aromatic carbocycles. The van der Waals surface area contributed by atoms with Crippen molar-refractivity contribution >= 4 is 11.6 Å². The second-order valence-corrected chi connectivity index (χ2v) is 3.76. The number of fused-ring (bicyclic) bond motifs is 1. The van der Waals surface area contributed by atoms with Crippen molar-refractivity contribution in [3.63, 3.8) is 0 Å². The lowest BCUT2D eigenvalue weighted by Crippen LogP contribution is -2.01. The van der Waals surface area contributed by atoms with Crippen molar-refractivity contribution in [2.75, 3.05) is 5.32 Å². The molecular formula is C12H12N4. The Kier molecular flexibility index (Phi) is 2.27. The summed E-state index contributed by atoms with van der Waals surface area (Å²) in [7, 11) is 0. The molecule has 1 aliphatic rings. The van der Waals surface area contributed by atoms with Gasteiger partial charge in [0.25, 0.3) is 0 Å². The molecule has 3 rings (SSSR count). The summed E-state index contributed by atoms with van der Waals surface area (Å²) in [6, 6.07) is 9.94. The van der Waals surface area contributed by atoms with Crippen molar-refractivity contribution in [2.24, 2.45) is 0 Å². The molecule has 2 aromatic rings. The molecule has 0 bridgehead atoms. The van der Waals surface area contributed by atoms with Crippen LogP contribution >= 0.6 is 0 Å². The maximum Gasteiger partial charge on any atom is 0.227 e. The van der Waals surface area contributed by atoms with Crippen LogP contribution in [0.25, 0.3) is 0 Å². The Morgan fingerprint density at radius 1 is 1.12 bits per heavy atom. The van der Waals surface area contributed by atoms with E-state index in [1.165, 1.54) is 5.56 Å². The van der Waals surface area contributed by atoms with Crippen LogP contribution < -0.4 is 10.6 Å². The van der Waals surface area contributed by atoms with Gasteiger partial charge in [0.2, 0.25) is 5.95 Å². The molecule has 0 unspecified atom stereocenters. The summed E-state index contributed by atoms with van der Waals surface area (Å²) < 4.78 is 0. The summed E-state index contributed by atoms with van der Waals surface area (Å²) >= 11 is 0. The van der Waals surface area contributed by atoms with Crippen molar-refractivity contribution in [3.05, 3.63) is 47.8 Å². The predicted octanol–water partition coefficient (Wildman–Crippen LogP) is 1.82. The maximum atomic E-state index is 4.46. The molecule has 2 heterocycles. The van der Waals surface area contributed by atoms with Gasteiger partial charge in [-0.1, -0.05) is 18.2 Å². The third kappa shape index (κ3) is 1.75. The van der Waals surface area contributed by atoms with E-state index in [2.05, 4.69) is 20.6 Å². The first-order valence-electron chi connectivity index (χ1n) is 5.29. The minimum Gasteiger partial charge on any atom is -0.324 e. The highest BCUT2D eigenvalue weighted by Gasteiger charge is 2.12. The molecule has 0 saturated carbocycles. The highest BCUT2D eigenvalue weighted by Crippen LogP contribution is 2.16. The van der Waals surface area contributed by atoms with Crippen LogP contribution in [0.1, 0.15) is 11.3 Å². The van der Waals surface area contributed by atoms with Crippen molar-refractivity contribution in [1.29, 1.82) is 0 Å². The Labute approximate surface area is 93.8 Å². The smallest absolute Gasteiger partial charge is 0.227 e. The Bertz CT molecular complexity index is 496. The summed E-state index contributed by atoms with van der Waals surface area (Å²) in [5.74, 6) is 0.661. The topological polar surface area (TPSA) is 49.8 Å². The van der Waals surface area contributed by atoms with Crippen LogP contribution in [0, 0.1) is 0 Å². The minimum absolute atomic E-state index is 0.661. The van der Waals surface area contributed by atoms with E-state index in [0.717, 1.165) is 24.5 Å². The fourth-order valence-electron chi connectivity index (χ4n) is 1.77. The number of anilines is 2. The fourth-order valence-corrected chi connectivity index (χ4v) is 1.77. The van der Waals surface area contributed by atoms with Gasteiger partial charge in [0.15, 0.2) is 0 Å². The van der Waals surface area contributed by atoms with Crippen molar-refractivity contribution < 1.29 is 0 Å². The number of rotatable bonds is 2. The first kappa shape index (κ1) is 9.30. The largest absolute Gasteiger partial charge is 0.324 e. The molecule has 1 aliphatic heterocycles. The number of hydrogen-bond donors (Lipinski definition) is 2. The Morgan fingerprint density at radius 3 is 2.88 bits per heavy atom. The van der Waals surface area contributed by atoms with Crippen LogP contribution in [0.15, 0.2) is 36.5 Å². The second kappa shape index (κ2) is 3.90. The zero-order valence-electron chi connectivity index (χ0n) is 8.77. The quantitative estimate of drug-likeness (QED) is 0.797. The molecule has 0 amide bonds. The summed E-state index contributed by atoms with van der Waals surface area (Å²) in [6.45, 7) is 1.71. The molecule has 4 heteroatoms. The maximum absolute atomic E-state index is 4.46. The van der Waals surface area contributed by atoms with Crippen molar-refractivity contribution in [1.82, 2.24) is 15.3 Å². The lowest BCUT2D eigenvalue weighted by Gasteiger charge is -2.05. The first-order chi connectivity index (χ1) is 7.92. The highest BCUT2D eigenvalue weighted by molar-refractivity contribution is 5.52. The SMILES string of the molecule is c1ccc(Nc2ncc3c(n2)CNC3)cc1. The third-order valence-corrected chi connectivity index (χ3v) is 2.59. The normalized spacial score (nSPS) is 13.5. The first-order valence-corrected chi connectivity index (χ1v) is 5.29. The van der Waals surface area contributed by atoms with Crippen LogP contribution in [0.5, 0.6) is 0 Å². The molecular weight excluding hydrogens is 200 g/mol. The van der Waals surface area contributed by atoms with Crippen LogP contribution in [-0.2, 0) is 13.1 Å². The van der Waals surface area contributed by atoms with E-state index < -0.39 is 0 Å². The molecule has 1 aromatic heterocycles. The Balaban J connectivity index is 1.86.